The minimum atomic E-state index is -0.192. The van der Waals surface area contributed by atoms with Gasteiger partial charge in [0.2, 0.25) is 0 Å². The second kappa shape index (κ2) is 8.21. The molecule has 0 saturated heterocycles. The van der Waals surface area contributed by atoms with E-state index >= 15 is 0 Å². The van der Waals surface area contributed by atoms with Crippen molar-refractivity contribution in [3.8, 4) is 0 Å². The van der Waals surface area contributed by atoms with E-state index in [1.165, 1.54) is 0 Å². The van der Waals surface area contributed by atoms with Crippen molar-refractivity contribution in [3.05, 3.63) is 0 Å². The van der Waals surface area contributed by atoms with Crippen LogP contribution in [0.1, 0.15) is 33.6 Å². The summed E-state index contributed by atoms with van der Waals surface area (Å²) in [6.07, 6.45) is 1.69. The molecule has 0 spiro atoms. The van der Waals surface area contributed by atoms with Crippen molar-refractivity contribution >= 4 is 0 Å². The standard InChI is InChI=1S/C11H25NO2/c1-5-10(8-14-4)12-7-6-11(13)9(2)3/h9-13H,5-8H2,1-4H3. The van der Waals surface area contributed by atoms with Crippen molar-refractivity contribution < 1.29 is 9.84 Å². The summed E-state index contributed by atoms with van der Waals surface area (Å²) < 4.78 is 5.07. The molecule has 0 rings (SSSR count). The Kier molecular flexibility index (Phi) is 8.14. The van der Waals surface area contributed by atoms with E-state index < -0.39 is 0 Å². The maximum atomic E-state index is 9.57. The largest absolute Gasteiger partial charge is 0.393 e. The van der Waals surface area contributed by atoms with Crippen molar-refractivity contribution in [1.82, 2.24) is 5.32 Å². The van der Waals surface area contributed by atoms with Crippen molar-refractivity contribution in [2.24, 2.45) is 5.92 Å². The van der Waals surface area contributed by atoms with E-state index in [-0.39, 0.29) is 6.10 Å². The molecule has 3 nitrogen and oxygen atoms in total. The second-order valence-electron chi connectivity index (χ2n) is 4.11. The molecule has 0 fully saturated rings. The Hall–Kier alpha value is -0.120. The molecule has 2 unspecified atom stereocenters. The maximum Gasteiger partial charge on any atom is 0.0615 e. The first-order valence-corrected chi connectivity index (χ1v) is 5.52. The molecule has 2 atom stereocenters. The predicted octanol–water partition coefficient (Wildman–Crippen LogP) is 1.41. The fourth-order valence-corrected chi connectivity index (χ4v) is 1.29. The van der Waals surface area contributed by atoms with E-state index in [2.05, 4.69) is 12.2 Å². The van der Waals surface area contributed by atoms with Crippen LogP contribution in [0.2, 0.25) is 0 Å². The minimum Gasteiger partial charge on any atom is -0.393 e. The number of ether oxygens (including phenoxy) is 1. The van der Waals surface area contributed by atoms with Gasteiger partial charge < -0.3 is 15.2 Å². The van der Waals surface area contributed by atoms with Crippen molar-refractivity contribution in [2.45, 2.75) is 45.8 Å². The number of hydrogen-bond acceptors (Lipinski definition) is 3. The fraction of sp³-hybridized carbons (Fsp3) is 1.00. The summed E-state index contributed by atoms with van der Waals surface area (Å²) in [4.78, 5) is 0. The maximum absolute atomic E-state index is 9.57. The third-order valence-corrected chi connectivity index (χ3v) is 2.50. The Morgan fingerprint density at radius 1 is 1.36 bits per heavy atom. The van der Waals surface area contributed by atoms with Crippen molar-refractivity contribution in [2.75, 3.05) is 20.3 Å². The van der Waals surface area contributed by atoms with Gasteiger partial charge in [-0.15, -0.1) is 0 Å². The van der Waals surface area contributed by atoms with Crippen LogP contribution < -0.4 is 5.32 Å². The average Bonchev–Trinajstić information content (AvgIpc) is 2.16. The Bertz CT molecular complexity index is 128. The lowest BCUT2D eigenvalue weighted by Crippen LogP contribution is -2.35. The molecule has 2 N–H and O–H groups in total. The zero-order valence-electron chi connectivity index (χ0n) is 9.92. The number of rotatable bonds is 8. The van der Waals surface area contributed by atoms with E-state index in [9.17, 15) is 5.11 Å². The van der Waals surface area contributed by atoms with Gasteiger partial charge in [0, 0.05) is 13.2 Å². The lowest BCUT2D eigenvalue weighted by Gasteiger charge is -2.19. The number of aliphatic hydroxyl groups is 1. The average molecular weight is 203 g/mol. The van der Waals surface area contributed by atoms with Gasteiger partial charge in [0.05, 0.1) is 12.7 Å². The highest BCUT2D eigenvalue weighted by Gasteiger charge is 2.10. The molecule has 0 aliphatic carbocycles. The predicted molar refractivity (Wildman–Crippen MR) is 59.4 cm³/mol. The highest BCUT2D eigenvalue weighted by Crippen LogP contribution is 2.04. The molecular weight excluding hydrogens is 178 g/mol. The van der Waals surface area contributed by atoms with Gasteiger partial charge in [0.1, 0.15) is 0 Å². The Morgan fingerprint density at radius 2 is 2.00 bits per heavy atom. The van der Waals surface area contributed by atoms with Gasteiger partial charge in [-0.2, -0.15) is 0 Å². The van der Waals surface area contributed by atoms with Crippen LogP contribution in [0.3, 0.4) is 0 Å². The van der Waals surface area contributed by atoms with Crippen LogP contribution in [-0.4, -0.2) is 37.5 Å². The first-order chi connectivity index (χ1) is 6.61. The van der Waals surface area contributed by atoms with E-state index in [0.717, 1.165) is 26.0 Å². The van der Waals surface area contributed by atoms with Crippen molar-refractivity contribution in [1.29, 1.82) is 0 Å². The van der Waals surface area contributed by atoms with E-state index in [1.54, 1.807) is 7.11 Å². The lowest BCUT2D eigenvalue weighted by molar-refractivity contribution is 0.111. The monoisotopic (exact) mass is 203 g/mol. The number of hydrogen-bond donors (Lipinski definition) is 2. The molecule has 0 aliphatic rings. The van der Waals surface area contributed by atoms with Crippen LogP contribution in [-0.2, 0) is 4.74 Å². The van der Waals surface area contributed by atoms with Crippen LogP contribution in [0.4, 0.5) is 0 Å². The molecule has 0 bridgehead atoms. The van der Waals surface area contributed by atoms with Crippen LogP contribution >= 0.6 is 0 Å². The van der Waals surface area contributed by atoms with Crippen molar-refractivity contribution in [3.63, 3.8) is 0 Å². The zero-order valence-corrected chi connectivity index (χ0v) is 9.92. The molecule has 0 aromatic carbocycles. The highest BCUT2D eigenvalue weighted by molar-refractivity contribution is 4.67. The molecule has 86 valence electrons. The fourth-order valence-electron chi connectivity index (χ4n) is 1.29. The summed E-state index contributed by atoms with van der Waals surface area (Å²) in [7, 11) is 1.72. The van der Waals surface area contributed by atoms with Crippen LogP contribution in [0, 0.1) is 5.92 Å². The number of aliphatic hydroxyl groups excluding tert-OH is 1. The molecule has 0 amide bonds. The van der Waals surface area contributed by atoms with Gasteiger partial charge >= 0.3 is 0 Å². The normalized spacial score (nSPS) is 15.9. The third kappa shape index (κ3) is 6.35. The summed E-state index contributed by atoms with van der Waals surface area (Å²) in [6.45, 7) is 7.82. The Morgan fingerprint density at radius 3 is 2.43 bits per heavy atom. The summed E-state index contributed by atoms with van der Waals surface area (Å²) in [5.74, 6) is 0.347. The van der Waals surface area contributed by atoms with Gasteiger partial charge in [-0.05, 0) is 25.3 Å². The van der Waals surface area contributed by atoms with Gasteiger partial charge in [0.25, 0.3) is 0 Å². The zero-order chi connectivity index (χ0) is 11.0. The second-order valence-corrected chi connectivity index (χ2v) is 4.11. The molecule has 0 aromatic rings. The van der Waals surface area contributed by atoms with Gasteiger partial charge in [0.15, 0.2) is 0 Å². The number of nitrogens with one attached hydrogen (secondary N) is 1. The minimum absolute atomic E-state index is 0.192. The lowest BCUT2D eigenvalue weighted by atomic mass is 10.0. The molecule has 0 aliphatic heterocycles. The first-order valence-electron chi connectivity index (χ1n) is 5.52. The first kappa shape index (κ1) is 13.9. The molecule has 14 heavy (non-hydrogen) atoms. The number of methoxy groups -OCH3 is 1. The van der Waals surface area contributed by atoms with Crippen LogP contribution in [0.15, 0.2) is 0 Å². The molecule has 0 radical (unpaired) electrons. The SMILES string of the molecule is CCC(COC)NCCC(O)C(C)C. The van der Waals surface area contributed by atoms with Gasteiger partial charge in [-0.3, -0.25) is 0 Å². The topological polar surface area (TPSA) is 41.5 Å². The molecule has 3 heteroatoms. The smallest absolute Gasteiger partial charge is 0.0615 e. The Labute approximate surface area is 87.8 Å². The van der Waals surface area contributed by atoms with Gasteiger partial charge in [-0.25, -0.2) is 0 Å². The highest BCUT2D eigenvalue weighted by atomic mass is 16.5. The van der Waals surface area contributed by atoms with Gasteiger partial charge in [-0.1, -0.05) is 20.8 Å². The quantitative estimate of drug-likeness (QED) is 0.626. The van der Waals surface area contributed by atoms with E-state index in [1.807, 2.05) is 13.8 Å². The summed E-state index contributed by atoms with van der Waals surface area (Å²) in [6, 6.07) is 0.416. The molecule has 0 aromatic heterocycles. The van der Waals surface area contributed by atoms with Crippen LogP contribution in [0.25, 0.3) is 0 Å². The third-order valence-electron chi connectivity index (χ3n) is 2.50. The Balaban J connectivity index is 3.50. The summed E-state index contributed by atoms with van der Waals surface area (Å²) in [5, 5.41) is 12.9. The molecular formula is C11H25NO2. The molecule has 0 heterocycles. The summed E-state index contributed by atoms with van der Waals surface area (Å²) in [5.41, 5.74) is 0. The van der Waals surface area contributed by atoms with Crippen LogP contribution in [0.5, 0.6) is 0 Å². The van der Waals surface area contributed by atoms with E-state index in [0.29, 0.717) is 12.0 Å². The molecule has 0 saturated carbocycles. The van der Waals surface area contributed by atoms with E-state index in [4.69, 9.17) is 4.74 Å². The summed E-state index contributed by atoms with van der Waals surface area (Å²) >= 11 is 0.